The number of anilines is 1. The summed E-state index contributed by atoms with van der Waals surface area (Å²) in [5.74, 6) is 0.688. The smallest absolute Gasteiger partial charge is 0.122 e. The molecule has 1 atom stereocenters. The summed E-state index contributed by atoms with van der Waals surface area (Å²) >= 11 is 0. The molecule has 3 rings (SSSR count). The predicted octanol–water partition coefficient (Wildman–Crippen LogP) is 2.91. The summed E-state index contributed by atoms with van der Waals surface area (Å²) in [7, 11) is 0. The van der Waals surface area contributed by atoms with E-state index in [1.54, 1.807) is 0 Å². The van der Waals surface area contributed by atoms with Crippen LogP contribution in [-0.2, 0) is 0 Å². The first-order valence-electron chi connectivity index (χ1n) is 6.07. The van der Waals surface area contributed by atoms with E-state index in [0.717, 1.165) is 12.1 Å². The van der Waals surface area contributed by atoms with Crippen LogP contribution in [0.25, 0.3) is 0 Å². The average Bonchev–Trinajstić information content (AvgIpc) is 2.83. The maximum Gasteiger partial charge on any atom is 0.122 e. The molecule has 1 heterocycles. The van der Waals surface area contributed by atoms with Gasteiger partial charge in [0.05, 0.1) is 11.7 Å². The number of amidine groups is 1. The van der Waals surface area contributed by atoms with E-state index in [1.165, 1.54) is 5.56 Å². The van der Waals surface area contributed by atoms with Crippen molar-refractivity contribution in [3.05, 3.63) is 66.2 Å². The fraction of sp³-hybridized carbons (Fsp3) is 0.133. The summed E-state index contributed by atoms with van der Waals surface area (Å²) in [6, 6.07) is 20.7. The molecular formula is C15H15N3. The van der Waals surface area contributed by atoms with Gasteiger partial charge in [-0.15, -0.1) is 0 Å². The molecule has 0 fully saturated rings. The molecule has 18 heavy (non-hydrogen) atoms. The molecule has 0 bridgehead atoms. The molecular weight excluding hydrogens is 222 g/mol. The van der Waals surface area contributed by atoms with Crippen LogP contribution in [0.15, 0.2) is 65.8 Å². The van der Waals surface area contributed by atoms with Crippen molar-refractivity contribution in [1.29, 1.82) is 0 Å². The van der Waals surface area contributed by atoms with Gasteiger partial charge in [-0.2, -0.15) is 5.10 Å². The first-order valence-corrected chi connectivity index (χ1v) is 6.07. The molecule has 2 aromatic rings. The number of benzene rings is 2. The Morgan fingerprint density at radius 3 is 2.22 bits per heavy atom. The summed E-state index contributed by atoms with van der Waals surface area (Å²) in [5.41, 5.74) is 8.22. The summed E-state index contributed by atoms with van der Waals surface area (Å²) in [6.45, 7) is 0. The highest BCUT2D eigenvalue weighted by molar-refractivity contribution is 5.85. The van der Waals surface area contributed by atoms with Crippen LogP contribution in [0.1, 0.15) is 18.0 Å². The lowest BCUT2D eigenvalue weighted by atomic mass is 10.0. The third kappa shape index (κ3) is 1.95. The highest BCUT2D eigenvalue weighted by atomic mass is 15.5. The maximum absolute atomic E-state index is 5.90. The second kappa shape index (κ2) is 4.53. The summed E-state index contributed by atoms with van der Waals surface area (Å²) < 4.78 is 0. The van der Waals surface area contributed by atoms with Crippen molar-refractivity contribution in [2.24, 2.45) is 10.8 Å². The maximum atomic E-state index is 5.90. The molecule has 0 amide bonds. The molecule has 0 saturated heterocycles. The molecule has 2 aromatic carbocycles. The molecule has 0 aromatic heterocycles. The Balaban J connectivity index is 1.97. The second-order valence-corrected chi connectivity index (χ2v) is 4.40. The third-order valence-corrected chi connectivity index (χ3v) is 3.14. The zero-order valence-corrected chi connectivity index (χ0v) is 10.0. The number of hydrogen-bond donors (Lipinski definition) is 1. The molecule has 0 radical (unpaired) electrons. The first kappa shape index (κ1) is 10.8. The molecule has 1 unspecified atom stereocenters. The molecule has 1 aliphatic rings. The molecule has 3 heteroatoms. The van der Waals surface area contributed by atoms with Gasteiger partial charge in [0.2, 0.25) is 0 Å². The fourth-order valence-electron chi connectivity index (χ4n) is 2.29. The number of rotatable bonds is 2. The van der Waals surface area contributed by atoms with E-state index >= 15 is 0 Å². The van der Waals surface area contributed by atoms with Crippen molar-refractivity contribution in [1.82, 2.24) is 0 Å². The van der Waals surface area contributed by atoms with Crippen molar-refractivity contribution < 1.29 is 0 Å². The van der Waals surface area contributed by atoms with Crippen LogP contribution in [0.3, 0.4) is 0 Å². The molecule has 90 valence electrons. The molecule has 0 saturated carbocycles. The predicted molar refractivity (Wildman–Crippen MR) is 74.3 cm³/mol. The van der Waals surface area contributed by atoms with Gasteiger partial charge in [-0.05, 0) is 17.7 Å². The first-order chi connectivity index (χ1) is 8.84. The van der Waals surface area contributed by atoms with Crippen molar-refractivity contribution in [3.8, 4) is 0 Å². The van der Waals surface area contributed by atoms with E-state index in [4.69, 9.17) is 5.73 Å². The Bertz CT molecular complexity index is 548. The lowest BCUT2D eigenvalue weighted by Crippen LogP contribution is -2.18. The normalized spacial score (nSPS) is 18.8. The van der Waals surface area contributed by atoms with E-state index in [9.17, 15) is 0 Å². The topological polar surface area (TPSA) is 41.6 Å². The molecule has 0 aliphatic carbocycles. The Morgan fingerprint density at radius 2 is 1.56 bits per heavy atom. The Kier molecular flexibility index (Phi) is 2.73. The van der Waals surface area contributed by atoms with Crippen molar-refractivity contribution in [2.45, 2.75) is 12.5 Å². The fourth-order valence-corrected chi connectivity index (χ4v) is 2.29. The van der Waals surface area contributed by atoms with Gasteiger partial charge in [-0.25, -0.2) is 0 Å². The largest absolute Gasteiger partial charge is 0.386 e. The molecule has 3 nitrogen and oxygen atoms in total. The van der Waals surface area contributed by atoms with Gasteiger partial charge < -0.3 is 5.73 Å². The van der Waals surface area contributed by atoms with Crippen LogP contribution < -0.4 is 10.7 Å². The van der Waals surface area contributed by atoms with E-state index in [2.05, 4.69) is 29.4 Å². The zero-order chi connectivity index (χ0) is 12.4. The highest BCUT2D eigenvalue weighted by Gasteiger charge is 2.27. The van der Waals surface area contributed by atoms with Crippen molar-refractivity contribution >= 4 is 11.5 Å². The standard InChI is InChI=1S/C15H15N3/c16-15-11-14(12-7-3-1-4-8-12)18(17-15)13-9-5-2-6-10-13/h1-10,14H,11H2,(H2,16,17). The van der Waals surface area contributed by atoms with Crippen LogP contribution >= 0.6 is 0 Å². The second-order valence-electron chi connectivity index (χ2n) is 4.40. The number of para-hydroxylation sites is 1. The number of nitrogens with zero attached hydrogens (tertiary/aromatic N) is 2. The Labute approximate surface area is 107 Å². The van der Waals surface area contributed by atoms with Gasteiger partial charge in [0, 0.05) is 6.42 Å². The molecule has 0 spiro atoms. The Hall–Kier alpha value is -2.29. The van der Waals surface area contributed by atoms with Gasteiger partial charge in [0.25, 0.3) is 0 Å². The van der Waals surface area contributed by atoms with Gasteiger partial charge in [0.1, 0.15) is 5.84 Å². The van der Waals surface area contributed by atoms with Gasteiger partial charge in [-0.3, -0.25) is 5.01 Å². The highest BCUT2D eigenvalue weighted by Crippen LogP contribution is 2.33. The van der Waals surface area contributed by atoms with Crippen LogP contribution in [0.5, 0.6) is 0 Å². The van der Waals surface area contributed by atoms with Crippen molar-refractivity contribution in [2.75, 3.05) is 5.01 Å². The number of nitrogens with two attached hydrogens (primary N) is 1. The minimum atomic E-state index is 0.202. The summed E-state index contributed by atoms with van der Waals surface area (Å²) in [5, 5.41) is 6.45. The van der Waals surface area contributed by atoms with E-state index in [-0.39, 0.29) is 6.04 Å². The number of hydrazone groups is 1. The summed E-state index contributed by atoms with van der Waals surface area (Å²) in [6.07, 6.45) is 0.777. The van der Waals surface area contributed by atoms with Crippen LogP contribution in [0, 0.1) is 0 Å². The number of hydrogen-bond acceptors (Lipinski definition) is 3. The minimum absolute atomic E-state index is 0.202. The van der Waals surface area contributed by atoms with E-state index < -0.39 is 0 Å². The summed E-state index contributed by atoms with van der Waals surface area (Å²) in [4.78, 5) is 0. The van der Waals surface area contributed by atoms with Crippen LogP contribution in [0.4, 0.5) is 5.69 Å². The quantitative estimate of drug-likeness (QED) is 0.872. The van der Waals surface area contributed by atoms with E-state index in [0.29, 0.717) is 5.84 Å². The minimum Gasteiger partial charge on any atom is -0.386 e. The third-order valence-electron chi connectivity index (χ3n) is 3.14. The van der Waals surface area contributed by atoms with Gasteiger partial charge in [-0.1, -0.05) is 48.5 Å². The average molecular weight is 237 g/mol. The Morgan fingerprint density at radius 1 is 0.944 bits per heavy atom. The zero-order valence-electron chi connectivity index (χ0n) is 10.0. The lowest BCUT2D eigenvalue weighted by Gasteiger charge is -2.23. The lowest BCUT2D eigenvalue weighted by molar-refractivity contribution is 0.708. The van der Waals surface area contributed by atoms with E-state index in [1.807, 2.05) is 41.4 Å². The monoisotopic (exact) mass is 237 g/mol. The van der Waals surface area contributed by atoms with Crippen molar-refractivity contribution in [3.63, 3.8) is 0 Å². The molecule has 1 aliphatic heterocycles. The van der Waals surface area contributed by atoms with Crippen LogP contribution in [-0.4, -0.2) is 5.84 Å². The van der Waals surface area contributed by atoms with Crippen LogP contribution in [0.2, 0.25) is 0 Å². The SMILES string of the molecule is NC1=NN(c2ccccc2)C(c2ccccc2)C1. The molecule has 2 N–H and O–H groups in total. The van der Waals surface area contributed by atoms with Gasteiger partial charge >= 0.3 is 0 Å². The van der Waals surface area contributed by atoms with Gasteiger partial charge in [0.15, 0.2) is 0 Å².